The van der Waals surface area contributed by atoms with E-state index < -0.39 is 0 Å². The lowest BCUT2D eigenvalue weighted by Gasteiger charge is -2.12. The number of aromatic nitrogens is 3. The van der Waals surface area contributed by atoms with Crippen LogP contribution in [0.1, 0.15) is 5.56 Å². The molecule has 2 heterocycles. The lowest BCUT2D eigenvalue weighted by atomic mass is 10.0. The molecule has 51 heavy (non-hydrogen) atoms. The summed E-state index contributed by atoms with van der Waals surface area (Å²) in [5.41, 5.74) is 13.1. The average Bonchev–Trinajstić information content (AvgIpc) is 3.55. The van der Waals surface area contributed by atoms with Crippen LogP contribution in [0.3, 0.4) is 0 Å². The number of rotatable bonds is 6. The molecule has 4 nitrogen and oxygen atoms in total. The topological polar surface area (TPSA) is 54.5 Å². The molecule has 238 valence electrons. The molecule has 0 spiro atoms. The molecule has 0 aliphatic rings. The molecule has 9 aromatic rings. The molecule has 2 aromatic heterocycles. The molecular weight excluding hydrogens is 621 g/mol. The Hall–Kier alpha value is -7.09. The summed E-state index contributed by atoms with van der Waals surface area (Å²) < 4.78 is 2.18. The van der Waals surface area contributed by atoms with Crippen LogP contribution in [-0.4, -0.2) is 14.5 Å². The summed E-state index contributed by atoms with van der Waals surface area (Å²) in [6.45, 7) is 0. The van der Waals surface area contributed by atoms with E-state index >= 15 is 0 Å². The number of benzene rings is 7. The van der Waals surface area contributed by atoms with Crippen molar-refractivity contribution >= 4 is 21.8 Å². The Balaban J connectivity index is 1.28. The highest BCUT2D eigenvalue weighted by Gasteiger charge is 2.19. The molecule has 0 unspecified atom stereocenters. The fraction of sp³-hybridized carbons (Fsp3) is 0. The van der Waals surface area contributed by atoms with Crippen LogP contribution in [0.25, 0.3) is 83.6 Å². The first-order valence-electron chi connectivity index (χ1n) is 17.0. The Morgan fingerprint density at radius 1 is 0.373 bits per heavy atom. The fourth-order valence-electron chi connectivity index (χ4n) is 6.87. The Labute approximate surface area is 296 Å². The van der Waals surface area contributed by atoms with Gasteiger partial charge >= 0.3 is 0 Å². The summed E-state index contributed by atoms with van der Waals surface area (Å²) >= 11 is 0. The van der Waals surface area contributed by atoms with Crippen LogP contribution in [-0.2, 0) is 0 Å². The minimum Gasteiger partial charge on any atom is -0.278 e. The summed E-state index contributed by atoms with van der Waals surface area (Å²) in [5.74, 6) is 0.582. The average molecular weight is 651 g/mol. The SMILES string of the molecule is N#Cc1ccc(-c2cc(-c3ccc(-c4ccccc4)cc3)nc(-n3c4ccc(-c5ccccc5)cc4c4cc(-c5ccccc5)ccc43)n2)cc1. The van der Waals surface area contributed by atoms with Gasteiger partial charge in [-0.3, -0.25) is 4.57 Å². The first-order chi connectivity index (χ1) is 25.2. The number of fused-ring (bicyclic) bond motifs is 3. The predicted octanol–water partition coefficient (Wildman–Crippen LogP) is 11.8. The van der Waals surface area contributed by atoms with E-state index in [9.17, 15) is 5.26 Å². The molecule has 0 aliphatic carbocycles. The molecule has 4 heteroatoms. The zero-order valence-corrected chi connectivity index (χ0v) is 27.6. The van der Waals surface area contributed by atoms with Crippen LogP contribution >= 0.6 is 0 Å². The molecule has 0 N–H and O–H groups in total. The van der Waals surface area contributed by atoms with Crippen molar-refractivity contribution in [2.24, 2.45) is 0 Å². The first-order valence-corrected chi connectivity index (χ1v) is 17.0. The van der Waals surface area contributed by atoms with Crippen LogP contribution in [0.5, 0.6) is 0 Å². The van der Waals surface area contributed by atoms with Crippen LogP contribution in [0, 0.1) is 11.3 Å². The van der Waals surface area contributed by atoms with Crippen LogP contribution in [0.15, 0.2) is 182 Å². The summed E-state index contributed by atoms with van der Waals surface area (Å²) in [4.78, 5) is 10.5. The largest absolute Gasteiger partial charge is 0.278 e. The second-order valence-electron chi connectivity index (χ2n) is 12.6. The van der Waals surface area contributed by atoms with Gasteiger partial charge in [-0.05, 0) is 75.8 Å². The van der Waals surface area contributed by atoms with Crippen molar-refractivity contribution < 1.29 is 0 Å². The number of nitrogens with zero attached hydrogens (tertiary/aromatic N) is 4. The van der Waals surface area contributed by atoms with Gasteiger partial charge in [0.15, 0.2) is 0 Å². The molecule has 0 bridgehead atoms. The molecule has 7 aromatic carbocycles. The van der Waals surface area contributed by atoms with E-state index in [2.05, 4.69) is 144 Å². The molecule has 0 saturated carbocycles. The Morgan fingerprint density at radius 2 is 0.745 bits per heavy atom. The maximum Gasteiger partial charge on any atom is 0.235 e. The van der Waals surface area contributed by atoms with Crippen molar-refractivity contribution in [1.82, 2.24) is 14.5 Å². The third-order valence-corrected chi connectivity index (χ3v) is 9.49. The monoisotopic (exact) mass is 650 g/mol. The quantitative estimate of drug-likeness (QED) is 0.180. The van der Waals surface area contributed by atoms with Gasteiger partial charge in [-0.2, -0.15) is 5.26 Å². The highest BCUT2D eigenvalue weighted by molar-refractivity contribution is 6.11. The highest BCUT2D eigenvalue weighted by Crippen LogP contribution is 2.38. The number of hydrogen-bond donors (Lipinski definition) is 0. The third kappa shape index (κ3) is 5.63. The molecule has 0 aliphatic heterocycles. The fourth-order valence-corrected chi connectivity index (χ4v) is 6.87. The van der Waals surface area contributed by atoms with Crippen molar-refractivity contribution in [1.29, 1.82) is 5.26 Å². The molecule has 0 fully saturated rings. The van der Waals surface area contributed by atoms with Crippen LogP contribution in [0.4, 0.5) is 0 Å². The standard InChI is InChI=1S/C47H30N4/c48-31-32-16-18-37(19-17-32)43-30-44(38-22-20-36(21-23-38)33-10-4-1-5-11-33)50-47(49-43)51-45-26-24-39(34-12-6-2-7-13-34)28-41(45)42-29-40(25-27-46(42)51)35-14-8-3-9-15-35/h1-30H. The zero-order chi connectivity index (χ0) is 34.1. The van der Waals surface area contributed by atoms with Crippen molar-refractivity contribution in [3.05, 3.63) is 188 Å². The van der Waals surface area contributed by atoms with Gasteiger partial charge in [-0.15, -0.1) is 0 Å². The van der Waals surface area contributed by atoms with Gasteiger partial charge in [-0.25, -0.2) is 9.97 Å². The molecular formula is C47H30N4. The minimum absolute atomic E-state index is 0.582. The van der Waals surface area contributed by atoms with Gasteiger partial charge < -0.3 is 0 Å². The van der Waals surface area contributed by atoms with E-state index in [1.807, 2.05) is 48.5 Å². The van der Waals surface area contributed by atoms with Gasteiger partial charge in [0.25, 0.3) is 0 Å². The van der Waals surface area contributed by atoms with Crippen LogP contribution < -0.4 is 0 Å². The Morgan fingerprint density at radius 3 is 1.20 bits per heavy atom. The van der Waals surface area contributed by atoms with E-state index in [0.717, 1.165) is 61.0 Å². The summed E-state index contributed by atoms with van der Waals surface area (Å²) in [7, 11) is 0. The van der Waals surface area contributed by atoms with Crippen molar-refractivity contribution in [3.63, 3.8) is 0 Å². The smallest absolute Gasteiger partial charge is 0.235 e. The normalized spacial score (nSPS) is 11.1. The van der Waals surface area contributed by atoms with Crippen molar-refractivity contribution in [2.45, 2.75) is 0 Å². The van der Waals surface area contributed by atoms with Crippen molar-refractivity contribution in [3.8, 4) is 67.9 Å². The summed E-state index contributed by atoms with van der Waals surface area (Å²) in [5, 5.41) is 11.7. The number of nitriles is 1. The van der Waals surface area contributed by atoms with Crippen LogP contribution in [0.2, 0.25) is 0 Å². The first kappa shape index (κ1) is 30.0. The van der Waals surface area contributed by atoms with E-state index in [4.69, 9.17) is 9.97 Å². The van der Waals surface area contributed by atoms with E-state index in [1.165, 1.54) is 16.7 Å². The minimum atomic E-state index is 0.582. The Bertz CT molecular complexity index is 2610. The molecule has 0 atom stereocenters. The summed E-state index contributed by atoms with van der Waals surface area (Å²) in [6.07, 6.45) is 0. The maximum absolute atomic E-state index is 9.47. The van der Waals surface area contributed by atoms with Gasteiger partial charge in [0, 0.05) is 21.9 Å². The molecule has 0 saturated heterocycles. The lowest BCUT2D eigenvalue weighted by Crippen LogP contribution is -2.04. The van der Waals surface area contributed by atoms with Crippen molar-refractivity contribution in [2.75, 3.05) is 0 Å². The van der Waals surface area contributed by atoms with E-state index in [1.54, 1.807) is 0 Å². The maximum atomic E-state index is 9.47. The second-order valence-corrected chi connectivity index (χ2v) is 12.6. The van der Waals surface area contributed by atoms with E-state index in [0.29, 0.717) is 11.5 Å². The third-order valence-electron chi connectivity index (χ3n) is 9.49. The molecule has 0 radical (unpaired) electrons. The zero-order valence-electron chi connectivity index (χ0n) is 27.6. The number of hydrogen-bond acceptors (Lipinski definition) is 3. The summed E-state index contributed by atoms with van der Waals surface area (Å²) in [6, 6.07) is 65.1. The van der Waals surface area contributed by atoms with Gasteiger partial charge in [0.1, 0.15) is 0 Å². The molecule has 9 rings (SSSR count). The second kappa shape index (κ2) is 12.7. The van der Waals surface area contributed by atoms with Gasteiger partial charge in [0.2, 0.25) is 5.95 Å². The van der Waals surface area contributed by atoms with Gasteiger partial charge in [0.05, 0.1) is 34.1 Å². The predicted molar refractivity (Wildman–Crippen MR) is 208 cm³/mol. The van der Waals surface area contributed by atoms with E-state index in [-0.39, 0.29) is 0 Å². The lowest BCUT2D eigenvalue weighted by molar-refractivity contribution is 0.995. The Kier molecular flexibility index (Phi) is 7.50. The van der Waals surface area contributed by atoms with Gasteiger partial charge in [-0.1, -0.05) is 140 Å². The molecule has 0 amide bonds. The highest BCUT2D eigenvalue weighted by atomic mass is 15.2.